The molecule has 0 aromatic heterocycles. The molecule has 0 aliphatic carbocycles. The van der Waals surface area contributed by atoms with E-state index in [2.05, 4.69) is 5.32 Å². The van der Waals surface area contributed by atoms with Crippen molar-refractivity contribution in [2.75, 3.05) is 0 Å². The maximum Gasteiger partial charge on any atom is 0.329 e. The molecule has 0 spiro atoms. The molecule has 1 heterocycles. The molecule has 2 aromatic carbocycles. The normalized spacial score (nSPS) is 16.7. The summed E-state index contributed by atoms with van der Waals surface area (Å²) < 4.78 is 13.0. The number of nitrogens with one attached hydrogen (secondary N) is 1. The number of imide groups is 1. The molecule has 1 atom stereocenters. The van der Waals surface area contributed by atoms with Crippen LogP contribution in [-0.4, -0.2) is 34.0 Å². The molecule has 0 saturated carbocycles. The van der Waals surface area contributed by atoms with Gasteiger partial charge in [-0.1, -0.05) is 42.5 Å². The van der Waals surface area contributed by atoms with E-state index in [4.69, 9.17) is 0 Å². The van der Waals surface area contributed by atoms with Gasteiger partial charge in [0.1, 0.15) is 17.6 Å². The number of hydrogen-bond acceptors (Lipinski definition) is 3. The molecule has 26 heavy (non-hydrogen) atoms. The Labute approximate surface area is 148 Å². The summed E-state index contributed by atoms with van der Waals surface area (Å²) in [5.41, 5.74) is 1.14. The largest absolute Gasteiger partial charge is 0.480 e. The lowest BCUT2D eigenvalue weighted by molar-refractivity contribution is -0.145. The Balaban J connectivity index is 1.86. The van der Waals surface area contributed by atoms with Gasteiger partial charge in [0.25, 0.3) is 5.91 Å². The first-order valence-corrected chi connectivity index (χ1v) is 7.84. The molecule has 1 unspecified atom stereocenters. The van der Waals surface area contributed by atoms with E-state index in [1.165, 1.54) is 30.3 Å². The maximum absolute atomic E-state index is 13.0. The Bertz CT molecular complexity index is 878. The Kier molecular flexibility index (Phi) is 4.79. The van der Waals surface area contributed by atoms with Crippen LogP contribution in [0, 0.1) is 5.82 Å². The number of nitrogens with zero attached hydrogens (tertiary/aromatic N) is 1. The van der Waals surface area contributed by atoms with Crippen molar-refractivity contribution in [1.29, 1.82) is 0 Å². The summed E-state index contributed by atoms with van der Waals surface area (Å²) >= 11 is 0. The van der Waals surface area contributed by atoms with Gasteiger partial charge in [-0.3, -0.25) is 4.79 Å². The minimum atomic E-state index is -1.33. The standard InChI is InChI=1S/C19H15FN2O4/c20-14-8-6-13(7-9-14)10-15-17(23)22(19(26)21-15)16(18(24)25)11-12-4-2-1-3-5-12/h1-10,16H,11H2,(H,21,26)(H,24,25)/b15-10+. The van der Waals surface area contributed by atoms with Gasteiger partial charge in [-0.15, -0.1) is 0 Å². The van der Waals surface area contributed by atoms with E-state index < -0.39 is 29.8 Å². The van der Waals surface area contributed by atoms with E-state index in [9.17, 15) is 23.9 Å². The van der Waals surface area contributed by atoms with Crippen molar-refractivity contribution in [1.82, 2.24) is 10.2 Å². The molecule has 1 saturated heterocycles. The van der Waals surface area contributed by atoms with Crippen molar-refractivity contribution in [3.63, 3.8) is 0 Å². The summed E-state index contributed by atoms with van der Waals surface area (Å²) in [6, 6.07) is 12.0. The summed E-state index contributed by atoms with van der Waals surface area (Å²) in [5, 5.41) is 11.9. The first-order valence-electron chi connectivity index (χ1n) is 7.84. The van der Waals surface area contributed by atoms with Crippen LogP contribution in [0.1, 0.15) is 11.1 Å². The number of aliphatic carboxylic acids is 1. The highest BCUT2D eigenvalue weighted by Gasteiger charge is 2.42. The Morgan fingerprint density at radius 1 is 1.12 bits per heavy atom. The van der Waals surface area contributed by atoms with E-state index in [0.717, 1.165) is 0 Å². The van der Waals surface area contributed by atoms with E-state index in [1.54, 1.807) is 30.3 Å². The molecule has 6 nitrogen and oxygen atoms in total. The van der Waals surface area contributed by atoms with Gasteiger partial charge in [0.15, 0.2) is 0 Å². The number of amides is 3. The third-order valence-electron chi connectivity index (χ3n) is 3.96. The zero-order valence-electron chi connectivity index (χ0n) is 13.6. The number of carbonyl (C=O) groups excluding carboxylic acids is 2. The van der Waals surface area contributed by atoms with Crippen molar-refractivity contribution in [2.45, 2.75) is 12.5 Å². The molecule has 132 valence electrons. The van der Waals surface area contributed by atoms with Crippen LogP contribution in [0.25, 0.3) is 6.08 Å². The molecule has 1 aliphatic heterocycles. The Morgan fingerprint density at radius 2 is 1.77 bits per heavy atom. The number of halogens is 1. The maximum atomic E-state index is 13.0. The minimum Gasteiger partial charge on any atom is -0.480 e. The molecule has 2 N–H and O–H groups in total. The van der Waals surface area contributed by atoms with Gasteiger partial charge in [-0.2, -0.15) is 0 Å². The number of rotatable bonds is 5. The Morgan fingerprint density at radius 3 is 2.38 bits per heavy atom. The zero-order chi connectivity index (χ0) is 18.7. The highest BCUT2D eigenvalue weighted by molar-refractivity contribution is 6.15. The average Bonchev–Trinajstić information content (AvgIpc) is 2.89. The lowest BCUT2D eigenvalue weighted by Gasteiger charge is -2.21. The van der Waals surface area contributed by atoms with Crippen LogP contribution < -0.4 is 5.32 Å². The van der Waals surface area contributed by atoms with Crippen LogP contribution in [0.3, 0.4) is 0 Å². The summed E-state index contributed by atoms with van der Waals surface area (Å²) in [7, 11) is 0. The monoisotopic (exact) mass is 354 g/mol. The average molecular weight is 354 g/mol. The minimum absolute atomic E-state index is 0.000832. The van der Waals surface area contributed by atoms with E-state index in [0.29, 0.717) is 16.0 Å². The third-order valence-corrected chi connectivity index (χ3v) is 3.96. The molecular formula is C19H15FN2O4. The number of carbonyl (C=O) groups is 3. The fraction of sp³-hybridized carbons (Fsp3) is 0.105. The number of benzene rings is 2. The van der Waals surface area contributed by atoms with Crippen molar-refractivity contribution in [3.8, 4) is 0 Å². The predicted molar refractivity (Wildman–Crippen MR) is 91.3 cm³/mol. The fourth-order valence-electron chi connectivity index (χ4n) is 2.68. The van der Waals surface area contributed by atoms with Crippen molar-refractivity contribution < 1.29 is 23.9 Å². The van der Waals surface area contributed by atoms with Gasteiger partial charge in [0.05, 0.1) is 0 Å². The van der Waals surface area contributed by atoms with Gasteiger partial charge in [0.2, 0.25) is 0 Å². The first kappa shape index (κ1) is 17.3. The molecule has 0 radical (unpaired) electrons. The summed E-state index contributed by atoms with van der Waals surface area (Å²) in [4.78, 5) is 37.1. The second kappa shape index (κ2) is 7.18. The van der Waals surface area contributed by atoms with Gasteiger partial charge in [-0.25, -0.2) is 18.9 Å². The van der Waals surface area contributed by atoms with Crippen molar-refractivity contribution in [2.24, 2.45) is 0 Å². The molecule has 1 aliphatic rings. The van der Waals surface area contributed by atoms with Crippen LogP contribution in [0.2, 0.25) is 0 Å². The lowest BCUT2D eigenvalue weighted by Crippen LogP contribution is -2.46. The molecule has 7 heteroatoms. The van der Waals surface area contributed by atoms with Crippen LogP contribution in [-0.2, 0) is 16.0 Å². The van der Waals surface area contributed by atoms with E-state index in [1.807, 2.05) is 0 Å². The number of carboxylic acids is 1. The van der Waals surface area contributed by atoms with Gasteiger partial charge in [0, 0.05) is 6.42 Å². The lowest BCUT2D eigenvalue weighted by atomic mass is 10.0. The summed E-state index contributed by atoms with van der Waals surface area (Å²) in [6.45, 7) is 0. The SMILES string of the molecule is O=C(O)C(Cc1ccccc1)N1C(=O)N/C(=C/c2ccc(F)cc2)C1=O. The van der Waals surface area contributed by atoms with Crippen LogP contribution in [0.15, 0.2) is 60.3 Å². The molecule has 3 amide bonds. The van der Waals surface area contributed by atoms with Gasteiger partial charge in [-0.05, 0) is 29.3 Å². The van der Waals surface area contributed by atoms with Crippen LogP contribution in [0.5, 0.6) is 0 Å². The molecule has 3 rings (SSSR count). The molecular weight excluding hydrogens is 339 g/mol. The summed E-state index contributed by atoms with van der Waals surface area (Å²) in [6.07, 6.45) is 1.38. The summed E-state index contributed by atoms with van der Waals surface area (Å²) in [5.74, 6) is -2.44. The first-order chi connectivity index (χ1) is 12.5. The number of urea groups is 1. The second-order valence-corrected chi connectivity index (χ2v) is 5.76. The van der Waals surface area contributed by atoms with E-state index >= 15 is 0 Å². The van der Waals surface area contributed by atoms with Gasteiger partial charge >= 0.3 is 12.0 Å². The van der Waals surface area contributed by atoms with Crippen molar-refractivity contribution >= 4 is 24.0 Å². The molecule has 1 fully saturated rings. The smallest absolute Gasteiger partial charge is 0.329 e. The fourth-order valence-corrected chi connectivity index (χ4v) is 2.68. The van der Waals surface area contributed by atoms with Crippen LogP contribution in [0.4, 0.5) is 9.18 Å². The Hall–Kier alpha value is -3.48. The predicted octanol–water partition coefficient (Wildman–Crippen LogP) is 2.41. The number of carboxylic acid groups (broad SMARTS) is 1. The van der Waals surface area contributed by atoms with Crippen molar-refractivity contribution in [3.05, 3.63) is 77.2 Å². The zero-order valence-corrected chi connectivity index (χ0v) is 13.6. The highest BCUT2D eigenvalue weighted by Crippen LogP contribution is 2.19. The second-order valence-electron chi connectivity index (χ2n) is 5.76. The highest BCUT2D eigenvalue weighted by atomic mass is 19.1. The van der Waals surface area contributed by atoms with Crippen LogP contribution >= 0.6 is 0 Å². The topological polar surface area (TPSA) is 86.7 Å². The molecule has 2 aromatic rings. The third kappa shape index (κ3) is 3.61. The van der Waals surface area contributed by atoms with E-state index in [-0.39, 0.29) is 12.1 Å². The number of hydrogen-bond donors (Lipinski definition) is 2. The van der Waals surface area contributed by atoms with Gasteiger partial charge < -0.3 is 10.4 Å². The quantitative estimate of drug-likeness (QED) is 0.638. The molecule has 0 bridgehead atoms.